The smallest absolute Gasteiger partial charge is 0.174 e. The Morgan fingerprint density at radius 2 is 2.29 bits per heavy atom. The summed E-state index contributed by atoms with van der Waals surface area (Å²) in [6.45, 7) is 0. The average Bonchev–Trinajstić information content (AvgIpc) is 2.62. The summed E-state index contributed by atoms with van der Waals surface area (Å²) in [5.41, 5.74) is 6.45. The summed E-state index contributed by atoms with van der Waals surface area (Å²) in [5.74, 6) is 0. The first kappa shape index (κ1) is 10.2. The molecule has 0 aliphatic carbocycles. The largest absolute Gasteiger partial charge is 0.399 e. The summed E-state index contributed by atoms with van der Waals surface area (Å²) in [6.07, 6.45) is 1.57. The lowest BCUT2D eigenvalue weighted by molar-refractivity contribution is 1.21. The van der Waals surface area contributed by atoms with E-state index >= 15 is 0 Å². The Balaban J connectivity index is 2.25. The summed E-state index contributed by atoms with van der Waals surface area (Å²) in [7, 11) is 0. The maximum Gasteiger partial charge on any atom is 0.174 e. The van der Waals surface area contributed by atoms with E-state index < -0.39 is 0 Å². The van der Waals surface area contributed by atoms with Crippen molar-refractivity contribution < 1.29 is 0 Å². The van der Waals surface area contributed by atoms with Crippen molar-refractivity contribution >= 4 is 51.6 Å². The Labute approximate surface area is 103 Å². The second-order valence-corrected chi connectivity index (χ2v) is 5.73. The van der Waals surface area contributed by atoms with Gasteiger partial charge < -0.3 is 5.73 Å². The molecule has 0 fully saturated rings. The van der Waals surface area contributed by atoms with Crippen molar-refractivity contribution in [1.82, 2.24) is 9.36 Å². The van der Waals surface area contributed by atoms with Gasteiger partial charge in [0.05, 0.1) is 0 Å². The van der Waals surface area contributed by atoms with E-state index in [4.69, 9.17) is 5.73 Å². The predicted octanol–water partition coefficient (Wildman–Crippen LogP) is 2.88. The lowest BCUT2D eigenvalue weighted by Gasteiger charge is -2.01. The highest BCUT2D eigenvalue weighted by Gasteiger charge is 2.04. The minimum absolute atomic E-state index is 0.788. The van der Waals surface area contributed by atoms with Crippen LogP contribution in [0.15, 0.2) is 33.8 Å². The van der Waals surface area contributed by atoms with Gasteiger partial charge in [0.1, 0.15) is 6.33 Å². The van der Waals surface area contributed by atoms with Gasteiger partial charge in [-0.25, -0.2) is 4.98 Å². The molecule has 0 saturated carbocycles. The zero-order chi connectivity index (χ0) is 9.97. The van der Waals surface area contributed by atoms with E-state index in [9.17, 15) is 0 Å². The zero-order valence-corrected chi connectivity index (χ0v) is 10.8. The third-order valence-corrected chi connectivity index (χ3v) is 4.54. The highest BCUT2D eigenvalue weighted by Crippen LogP contribution is 2.32. The van der Waals surface area contributed by atoms with Crippen molar-refractivity contribution in [3.05, 3.63) is 28.1 Å². The van der Waals surface area contributed by atoms with Crippen LogP contribution in [0, 0.1) is 3.57 Å². The first-order chi connectivity index (χ1) is 6.75. The molecule has 0 atom stereocenters. The van der Waals surface area contributed by atoms with E-state index in [2.05, 4.69) is 31.9 Å². The molecule has 2 N–H and O–H groups in total. The van der Waals surface area contributed by atoms with E-state index in [1.54, 1.807) is 18.1 Å². The molecule has 3 nitrogen and oxygen atoms in total. The number of rotatable bonds is 2. The number of nitrogens with zero attached hydrogens (tertiary/aromatic N) is 2. The van der Waals surface area contributed by atoms with Crippen LogP contribution in [0.5, 0.6) is 0 Å². The van der Waals surface area contributed by atoms with E-state index in [0.29, 0.717) is 0 Å². The van der Waals surface area contributed by atoms with Crippen molar-refractivity contribution in [2.24, 2.45) is 0 Å². The Morgan fingerprint density at radius 3 is 2.93 bits per heavy atom. The molecule has 1 heterocycles. The van der Waals surface area contributed by atoms with Gasteiger partial charge in [0.25, 0.3) is 0 Å². The third kappa shape index (κ3) is 2.37. The van der Waals surface area contributed by atoms with Gasteiger partial charge in [0.2, 0.25) is 0 Å². The minimum atomic E-state index is 0.788. The fourth-order valence-corrected chi connectivity index (χ4v) is 3.18. The molecule has 72 valence electrons. The van der Waals surface area contributed by atoms with Gasteiger partial charge in [0, 0.05) is 14.2 Å². The molecule has 2 aromatic rings. The Hall–Kier alpha value is -0.340. The summed E-state index contributed by atoms with van der Waals surface area (Å²) in [4.78, 5) is 5.27. The Kier molecular flexibility index (Phi) is 3.24. The fourth-order valence-electron chi connectivity index (χ4n) is 0.902. The molecule has 0 unspecified atom stereocenters. The molecule has 1 aromatic heterocycles. The molecule has 0 amide bonds. The van der Waals surface area contributed by atoms with Crippen LogP contribution in [0.1, 0.15) is 0 Å². The maximum atomic E-state index is 5.66. The molecule has 2 rings (SSSR count). The SMILES string of the molecule is Nc1ccc(Sc2ncns2)c(I)c1. The molecule has 14 heavy (non-hydrogen) atoms. The number of anilines is 1. The van der Waals surface area contributed by atoms with Gasteiger partial charge in [-0.05, 0) is 52.3 Å². The number of nitrogen functional groups attached to an aromatic ring is 1. The van der Waals surface area contributed by atoms with Crippen LogP contribution in [0.4, 0.5) is 5.69 Å². The normalized spacial score (nSPS) is 10.4. The van der Waals surface area contributed by atoms with Crippen LogP contribution in [-0.2, 0) is 0 Å². The number of benzene rings is 1. The van der Waals surface area contributed by atoms with E-state index in [1.165, 1.54) is 11.5 Å². The van der Waals surface area contributed by atoms with E-state index in [-0.39, 0.29) is 0 Å². The average molecular weight is 335 g/mol. The lowest BCUT2D eigenvalue weighted by atomic mass is 10.3. The van der Waals surface area contributed by atoms with Gasteiger partial charge >= 0.3 is 0 Å². The molecule has 0 aliphatic rings. The number of hydrogen-bond donors (Lipinski definition) is 1. The van der Waals surface area contributed by atoms with Crippen molar-refractivity contribution in [2.45, 2.75) is 9.24 Å². The Bertz CT molecular complexity index is 430. The molecule has 1 aromatic carbocycles. The standard InChI is InChI=1S/C8H6IN3S2/c9-6-3-5(10)1-2-7(6)13-8-11-4-12-14-8/h1-4H,10H2. The summed E-state index contributed by atoms with van der Waals surface area (Å²) in [6, 6.07) is 5.85. The molecule has 0 aliphatic heterocycles. The molecule has 0 saturated heterocycles. The second-order valence-electron chi connectivity index (χ2n) is 2.50. The van der Waals surface area contributed by atoms with Gasteiger partial charge in [-0.3, -0.25) is 0 Å². The van der Waals surface area contributed by atoms with Crippen LogP contribution in [0.2, 0.25) is 0 Å². The van der Waals surface area contributed by atoms with Gasteiger partial charge in [-0.15, -0.1) is 0 Å². The van der Waals surface area contributed by atoms with Gasteiger partial charge in [0.15, 0.2) is 4.34 Å². The number of hydrogen-bond acceptors (Lipinski definition) is 5. The van der Waals surface area contributed by atoms with Crippen molar-refractivity contribution in [3.63, 3.8) is 0 Å². The third-order valence-electron chi connectivity index (χ3n) is 1.49. The number of nitrogens with two attached hydrogens (primary N) is 1. The molecule has 6 heteroatoms. The van der Waals surface area contributed by atoms with Gasteiger partial charge in [-0.2, -0.15) is 4.37 Å². The van der Waals surface area contributed by atoms with E-state index in [1.807, 2.05) is 18.2 Å². The fraction of sp³-hybridized carbons (Fsp3) is 0. The van der Waals surface area contributed by atoms with E-state index in [0.717, 1.165) is 18.5 Å². The number of aromatic nitrogens is 2. The van der Waals surface area contributed by atoms with Crippen LogP contribution in [0.25, 0.3) is 0 Å². The maximum absolute atomic E-state index is 5.66. The van der Waals surface area contributed by atoms with Crippen LogP contribution >= 0.6 is 45.9 Å². The molecular weight excluding hydrogens is 329 g/mol. The molecule has 0 spiro atoms. The zero-order valence-electron chi connectivity index (χ0n) is 6.98. The monoisotopic (exact) mass is 335 g/mol. The molecule has 0 radical (unpaired) electrons. The molecule has 0 bridgehead atoms. The summed E-state index contributed by atoms with van der Waals surface area (Å²) >= 11 is 5.28. The van der Waals surface area contributed by atoms with Crippen LogP contribution in [0.3, 0.4) is 0 Å². The van der Waals surface area contributed by atoms with Gasteiger partial charge in [-0.1, -0.05) is 11.8 Å². The topological polar surface area (TPSA) is 51.8 Å². The van der Waals surface area contributed by atoms with Crippen molar-refractivity contribution in [2.75, 3.05) is 5.73 Å². The number of halogens is 1. The van der Waals surface area contributed by atoms with Crippen LogP contribution in [-0.4, -0.2) is 9.36 Å². The second kappa shape index (κ2) is 4.45. The predicted molar refractivity (Wildman–Crippen MR) is 67.6 cm³/mol. The summed E-state index contributed by atoms with van der Waals surface area (Å²) in [5, 5.41) is 0. The summed E-state index contributed by atoms with van der Waals surface area (Å²) < 4.78 is 6.04. The van der Waals surface area contributed by atoms with Crippen LogP contribution < -0.4 is 5.73 Å². The highest BCUT2D eigenvalue weighted by molar-refractivity contribution is 14.1. The minimum Gasteiger partial charge on any atom is -0.399 e. The van der Waals surface area contributed by atoms with Crippen molar-refractivity contribution in [1.29, 1.82) is 0 Å². The quantitative estimate of drug-likeness (QED) is 0.677. The first-order valence-corrected chi connectivity index (χ1v) is 6.42. The Morgan fingerprint density at radius 1 is 1.43 bits per heavy atom. The van der Waals surface area contributed by atoms with Crippen molar-refractivity contribution in [3.8, 4) is 0 Å². The highest BCUT2D eigenvalue weighted by atomic mass is 127. The first-order valence-electron chi connectivity index (χ1n) is 3.75. The molecular formula is C8H6IN3S2. The lowest BCUT2D eigenvalue weighted by Crippen LogP contribution is -1.86.